The smallest absolute Gasteiger partial charge is 0.357 e. The fourth-order valence-corrected chi connectivity index (χ4v) is 3.86. The number of carbonyl (C=O) groups is 1. The van der Waals surface area contributed by atoms with Gasteiger partial charge in [0, 0.05) is 50.4 Å². The summed E-state index contributed by atoms with van der Waals surface area (Å²) in [5.74, 6) is -3.55. The highest BCUT2D eigenvalue weighted by Crippen LogP contribution is 2.30. The molecule has 1 aliphatic heterocycles. The zero-order valence-electron chi connectivity index (χ0n) is 18.7. The molecule has 1 atom stereocenters. The van der Waals surface area contributed by atoms with Crippen molar-refractivity contribution in [3.05, 3.63) is 63.7 Å². The summed E-state index contributed by atoms with van der Waals surface area (Å²) in [7, 11) is 1.49. The van der Waals surface area contributed by atoms with Crippen molar-refractivity contribution in [1.82, 2.24) is 25.0 Å². The number of nitriles is 1. The van der Waals surface area contributed by atoms with E-state index in [1.807, 2.05) is 0 Å². The molecule has 1 fully saturated rings. The molecule has 176 valence electrons. The Morgan fingerprint density at radius 2 is 2.00 bits per heavy atom. The van der Waals surface area contributed by atoms with Crippen molar-refractivity contribution in [2.24, 2.45) is 7.05 Å². The average molecular weight is 467 g/mol. The molecule has 1 aliphatic rings. The predicted molar refractivity (Wildman–Crippen MR) is 122 cm³/mol. The van der Waals surface area contributed by atoms with Gasteiger partial charge in [-0.2, -0.15) is 19.1 Å². The minimum Gasteiger partial charge on any atom is -0.362 e. The van der Waals surface area contributed by atoms with E-state index in [1.54, 1.807) is 17.9 Å². The number of nitrogens with one attached hydrogen (secondary N) is 2. The number of aromatic nitrogens is 3. The van der Waals surface area contributed by atoms with Crippen LogP contribution < -0.4 is 16.2 Å². The van der Waals surface area contributed by atoms with Crippen LogP contribution in [0.2, 0.25) is 0 Å². The predicted octanol–water partition coefficient (Wildman–Crippen LogP) is 2.16. The van der Waals surface area contributed by atoms with Crippen LogP contribution in [0.25, 0.3) is 10.8 Å². The SMILES string of the molecule is C[C@@H](Nc1nn(C)c(=O)c2cnc(C(=O)N3CCNCC3)cc12)c1cccc(C(F)(F)C#N)c1. The quantitative estimate of drug-likeness (QED) is 0.591. The second-order valence-electron chi connectivity index (χ2n) is 8.11. The van der Waals surface area contributed by atoms with Gasteiger partial charge in [0.1, 0.15) is 11.8 Å². The van der Waals surface area contributed by atoms with Crippen molar-refractivity contribution in [3.63, 3.8) is 0 Å². The molecule has 0 unspecified atom stereocenters. The highest BCUT2D eigenvalue weighted by Gasteiger charge is 2.31. The number of piperazine rings is 1. The van der Waals surface area contributed by atoms with Crippen molar-refractivity contribution in [1.29, 1.82) is 5.26 Å². The number of fused-ring (bicyclic) bond motifs is 1. The van der Waals surface area contributed by atoms with Gasteiger partial charge in [0.05, 0.1) is 11.4 Å². The van der Waals surface area contributed by atoms with Crippen LogP contribution in [0.4, 0.5) is 14.6 Å². The number of rotatable bonds is 5. The van der Waals surface area contributed by atoms with Crippen LogP contribution in [-0.4, -0.2) is 51.8 Å². The van der Waals surface area contributed by atoms with E-state index < -0.39 is 17.5 Å². The Labute approximate surface area is 194 Å². The van der Waals surface area contributed by atoms with E-state index in [4.69, 9.17) is 5.26 Å². The minimum absolute atomic E-state index is 0.191. The fourth-order valence-electron chi connectivity index (χ4n) is 3.86. The molecule has 1 aromatic carbocycles. The Bertz CT molecular complexity index is 1340. The Morgan fingerprint density at radius 1 is 1.26 bits per heavy atom. The Kier molecular flexibility index (Phi) is 6.26. The van der Waals surface area contributed by atoms with Gasteiger partial charge >= 0.3 is 5.92 Å². The van der Waals surface area contributed by atoms with E-state index in [0.717, 1.165) is 10.8 Å². The van der Waals surface area contributed by atoms with E-state index in [9.17, 15) is 18.4 Å². The summed E-state index contributed by atoms with van der Waals surface area (Å²) in [5, 5.41) is 20.1. The molecule has 2 aromatic heterocycles. The molecule has 3 aromatic rings. The fraction of sp³-hybridized carbons (Fsp3) is 0.348. The van der Waals surface area contributed by atoms with E-state index >= 15 is 0 Å². The summed E-state index contributed by atoms with van der Waals surface area (Å²) in [6.07, 6.45) is 1.36. The average Bonchev–Trinajstić information content (AvgIpc) is 2.87. The molecule has 1 saturated heterocycles. The van der Waals surface area contributed by atoms with Crippen molar-refractivity contribution in [2.45, 2.75) is 18.9 Å². The van der Waals surface area contributed by atoms with Gasteiger partial charge in [-0.25, -0.2) is 4.68 Å². The Hall–Kier alpha value is -3.91. The van der Waals surface area contributed by atoms with Crippen LogP contribution in [0.5, 0.6) is 0 Å². The number of halogens is 2. The van der Waals surface area contributed by atoms with Gasteiger partial charge in [0.2, 0.25) is 0 Å². The molecule has 1 amide bonds. The first-order valence-corrected chi connectivity index (χ1v) is 10.7. The largest absolute Gasteiger partial charge is 0.362 e. The number of carbonyl (C=O) groups excluding carboxylic acids is 1. The molecule has 2 N–H and O–H groups in total. The molecule has 4 rings (SSSR count). The molecule has 0 radical (unpaired) electrons. The summed E-state index contributed by atoms with van der Waals surface area (Å²) < 4.78 is 28.9. The maximum atomic E-state index is 13.9. The lowest BCUT2D eigenvalue weighted by atomic mass is 10.0. The number of benzene rings is 1. The summed E-state index contributed by atoms with van der Waals surface area (Å²) in [6, 6.07) is 7.59. The lowest BCUT2D eigenvalue weighted by molar-refractivity contribution is 0.0611. The monoisotopic (exact) mass is 467 g/mol. The number of amides is 1. The van der Waals surface area contributed by atoms with Crippen LogP contribution in [0.3, 0.4) is 0 Å². The van der Waals surface area contributed by atoms with Crippen molar-refractivity contribution in [3.8, 4) is 6.07 Å². The van der Waals surface area contributed by atoms with Crippen LogP contribution in [0.15, 0.2) is 41.3 Å². The van der Waals surface area contributed by atoms with E-state index in [1.165, 1.54) is 37.5 Å². The number of hydrogen-bond donors (Lipinski definition) is 2. The topological polar surface area (TPSA) is 116 Å². The van der Waals surface area contributed by atoms with Crippen molar-refractivity contribution in [2.75, 3.05) is 31.5 Å². The highest BCUT2D eigenvalue weighted by molar-refractivity contribution is 5.99. The molecular formula is C23H23F2N7O2. The number of hydrogen-bond acceptors (Lipinski definition) is 7. The van der Waals surface area contributed by atoms with Gasteiger partial charge in [-0.3, -0.25) is 14.6 Å². The summed E-state index contributed by atoms with van der Waals surface area (Å²) in [4.78, 5) is 31.5. The third-order valence-electron chi connectivity index (χ3n) is 5.80. The van der Waals surface area contributed by atoms with E-state index in [2.05, 4.69) is 20.7 Å². The third kappa shape index (κ3) is 4.45. The molecule has 11 heteroatoms. The van der Waals surface area contributed by atoms with Gasteiger partial charge in [0.25, 0.3) is 11.5 Å². The standard InChI is InChI=1S/C23H23F2N7O2/c1-14(15-4-3-5-16(10-15)23(24,25)13-26)29-20-17-11-19(22(34)32-8-6-27-7-9-32)28-12-18(17)21(33)31(2)30-20/h3-5,10-12,14,27H,6-9H2,1-2H3,(H,29,30)/t14-/m1/s1. The van der Waals surface area contributed by atoms with Crippen LogP contribution >= 0.6 is 0 Å². The van der Waals surface area contributed by atoms with Gasteiger partial charge in [-0.05, 0) is 24.6 Å². The van der Waals surface area contributed by atoms with Gasteiger partial charge in [-0.1, -0.05) is 18.2 Å². The first-order chi connectivity index (χ1) is 16.2. The first kappa shape index (κ1) is 23.3. The number of nitrogens with zero attached hydrogens (tertiary/aromatic N) is 5. The normalized spacial score (nSPS) is 15.1. The van der Waals surface area contributed by atoms with Crippen molar-refractivity contribution < 1.29 is 13.6 Å². The maximum absolute atomic E-state index is 13.9. The number of pyridine rings is 1. The van der Waals surface area contributed by atoms with Crippen LogP contribution in [0, 0.1) is 11.3 Å². The second kappa shape index (κ2) is 9.15. The van der Waals surface area contributed by atoms with Crippen molar-refractivity contribution >= 4 is 22.5 Å². The molecule has 3 heterocycles. The zero-order valence-corrected chi connectivity index (χ0v) is 18.7. The van der Waals surface area contributed by atoms with E-state index in [0.29, 0.717) is 42.9 Å². The lowest BCUT2D eigenvalue weighted by Crippen LogP contribution is -2.46. The maximum Gasteiger partial charge on any atom is 0.357 e. The summed E-state index contributed by atoms with van der Waals surface area (Å²) >= 11 is 0. The Morgan fingerprint density at radius 3 is 2.71 bits per heavy atom. The highest BCUT2D eigenvalue weighted by atomic mass is 19.3. The van der Waals surface area contributed by atoms with E-state index in [-0.39, 0.29) is 22.5 Å². The molecule has 9 nitrogen and oxygen atoms in total. The molecule has 34 heavy (non-hydrogen) atoms. The first-order valence-electron chi connectivity index (χ1n) is 10.7. The van der Waals surface area contributed by atoms with Gasteiger partial charge in [-0.15, -0.1) is 0 Å². The zero-order chi connectivity index (χ0) is 24.5. The second-order valence-corrected chi connectivity index (χ2v) is 8.11. The van der Waals surface area contributed by atoms with Crippen LogP contribution in [-0.2, 0) is 13.0 Å². The lowest BCUT2D eigenvalue weighted by Gasteiger charge is -2.27. The summed E-state index contributed by atoms with van der Waals surface area (Å²) in [6.45, 7) is 4.24. The number of alkyl halides is 2. The molecular weight excluding hydrogens is 444 g/mol. The summed E-state index contributed by atoms with van der Waals surface area (Å²) in [5.41, 5.74) is -0.0942. The molecule has 0 spiro atoms. The number of anilines is 1. The number of aryl methyl sites for hydroxylation is 1. The third-order valence-corrected chi connectivity index (χ3v) is 5.80. The molecule has 0 aliphatic carbocycles. The molecule has 0 saturated carbocycles. The van der Waals surface area contributed by atoms with Crippen LogP contribution in [0.1, 0.15) is 34.6 Å². The Balaban J connectivity index is 1.71. The van der Waals surface area contributed by atoms with Gasteiger partial charge < -0.3 is 15.5 Å². The minimum atomic E-state index is -3.61. The molecule has 0 bridgehead atoms. The van der Waals surface area contributed by atoms with Gasteiger partial charge in [0.15, 0.2) is 5.82 Å².